The summed E-state index contributed by atoms with van der Waals surface area (Å²) in [4.78, 5) is 0.429. The average Bonchev–Trinajstić information content (AvgIpc) is 2.39. The van der Waals surface area contributed by atoms with Crippen LogP contribution in [0.3, 0.4) is 0 Å². The third kappa shape index (κ3) is 3.93. The number of anilines is 1. The predicted octanol–water partition coefficient (Wildman–Crippen LogP) is 4.46. The van der Waals surface area contributed by atoms with Crippen LogP contribution in [0.5, 0.6) is 0 Å². The van der Waals surface area contributed by atoms with Gasteiger partial charge in [0, 0.05) is 21.8 Å². The molecule has 0 heterocycles. The molecule has 0 spiro atoms. The highest BCUT2D eigenvalue weighted by molar-refractivity contribution is 9.10. The summed E-state index contributed by atoms with van der Waals surface area (Å²) in [5.41, 5.74) is 7.69. The molecule has 1 aromatic carbocycles. The Labute approximate surface area is 129 Å². The number of hydrogen-bond donors (Lipinski definition) is 2. The van der Waals surface area contributed by atoms with Crippen LogP contribution >= 0.6 is 28.1 Å². The molecule has 0 radical (unpaired) electrons. The van der Waals surface area contributed by atoms with Crippen LogP contribution in [0, 0.1) is 5.92 Å². The molecule has 3 N–H and O–H groups in total. The molecule has 1 fully saturated rings. The Kier molecular flexibility index (Phi) is 5.22. The molecule has 2 nitrogen and oxygen atoms in total. The van der Waals surface area contributed by atoms with E-state index < -0.39 is 0 Å². The summed E-state index contributed by atoms with van der Waals surface area (Å²) in [6.07, 6.45) is 6.85. The normalized spacial score (nSPS) is 18.0. The topological polar surface area (TPSA) is 38.0 Å². The van der Waals surface area contributed by atoms with Crippen LogP contribution in [-0.2, 0) is 0 Å². The number of halogens is 1. The van der Waals surface area contributed by atoms with E-state index in [1.165, 1.54) is 32.1 Å². The first-order chi connectivity index (χ1) is 9.08. The molecule has 0 amide bonds. The molecule has 0 aromatic heterocycles. The highest BCUT2D eigenvalue weighted by atomic mass is 79.9. The van der Waals surface area contributed by atoms with Crippen molar-refractivity contribution in [1.29, 1.82) is 0 Å². The van der Waals surface area contributed by atoms with Crippen LogP contribution in [0.2, 0.25) is 0 Å². The Morgan fingerprint density at radius 3 is 2.63 bits per heavy atom. The summed E-state index contributed by atoms with van der Waals surface area (Å²) in [5, 5.41) is 3.60. The van der Waals surface area contributed by atoms with Crippen molar-refractivity contribution < 1.29 is 0 Å². The second-order valence-corrected chi connectivity index (χ2v) is 6.68. The van der Waals surface area contributed by atoms with E-state index in [-0.39, 0.29) is 0 Å². The first-order valence-electron chi connectivity index (χ1n) is 6.94. The molecule has 0 aliphatic heterocycles. The number of thiocarbonyl (C=S) groups is 1. The lowest BCUT2D eigenvalue weighted by atomic mass is 9.84. The van der Waals surface area contributed by atoms with Crippen molar-refractivity contribution in [3.63, 3.8) is 0 Å². The van der Waals surface area contributed by atoms with Crippen LogP contribution in [0.15, 0.2) is 22.7 Å². The number of nitrogens with one attached hydrogen (secondary N) is 1. The van der Waals surface area contributed by atoms with Crippen LogP contribution in [-0.4, -0.2) is 11.0 Å². The van der Waals surface area contributed by atoms with Gasteiger partial charge in [-0.05, 0) is 59.8 Å². The van der Waals surface area contributed by atoms with E-state index >= 15 is 0 Å². The first kappa shape index (κ1) is 14.8. The smallest absolute Gasteiger partial charge is 0.105 e. The maximum atomic E-state index is 5.66. The minimum atomic E-state index is 0.429. The van der Waals surface area contributed by atoms with Crippen molar-refractivity contribution in [2.24, 2.45) is 11.7 Å². The fraction of sp³-hybridized carbons (Fsp3) is 0.533. The van der Waals surface area contributed by atoms with Gasteiger partial charge in [0.2, 0.25) is 0 Å². The van der Waals surface area contributed by atoms with E-state index in [0.717, 1.165) is 21.6 Å². The van der Waals surface area contributed by atoms with Gasteiger partial charge in [-0.3, -0.25) is 0 Å². The van der Waals surface area contributed by atoms with Gasteiger partial charge in [-0.25, -0.2) is 0 Å². The van der Waals surface area contributed by atoms with Gasteiger partial charge in [0.05, 0.1) is 0 Å². The number of benzene rings is 1. The van der Waals surface area contributed by atoms with Crippen molar-refractivity contribution in [2.45, 2.75) is 45.1 Å². The Bertz CT molecular complexity index is 455. The van der Waals surface area contributed by atoms with Crippen molar-refractivity contribution in [3.8, 4) is 0 Å². The third-order valence-electron chi connectivity index (χ3n) is 3.99. The van der Waals surface area contributed by atoms with Gasteiger partial charge in [0.15, 0.2) is 0 Å². The van der Waals surface area contributed by atoms with E-state index in [2.05, 4.69) is 40.3 Å². The minimum Gasteiger partial charge on any atom is -0.389 e. The number of hydrogen-bond acceptors (Lipinski definition) is 2. The fourth-order valence-electron chi connectivity index (χ4n) is 2.82. The van der Waals surface area contributed by atoms with E-state index in [0.29, 0.717) is 11.0 Å². The average molecular weight is 341 g/mol. The van der Waals surface area contributed by atoms with E-state index in [1.807, 2.05) is 6.07 Å². The Morgan fingerprint density at radius 1 is 1.37 bits per heavy atom. The monoisotopic (exact) mass is 340 g/mol. The van der Waals surface area contributed by atoms with Crippen LogP contribution in [0.25, 0.3) is 0 Å². The lowest BCUT2D eigenvalue weighted by Crippen LogP contribution is -2.27. The molecule has 1 atom stereocenters. The summed E-state index contributed by atoms with van der Waals surface area (Å²) in [7, 11) is 0. The maximum absolute atomic E-state index is 5.66. The summed E-state index contributed by atoms with van der Waals surface area (Å²) in [6, 6.07) is 6.61. The molecule has 104 valence electrons. The van der Waals surface area contributed by atoms with E-state index in [4.69, 9.17) is 18.0 Å². The van der Waals surface area contributed by atoms with E-state index in [9.17, 15) is 0 Å². The highest BCUT2D eigenvalue weighted by Gasteiger charge is 2.19. The first-order valence-corrected chi connectivity index (χ1v) is 8.14. The summed E-state index contributed by atoms with van der Waals surface area (Å²) in [6.45, 7) is 2.28. The predicted molar refractivity (Wildman–Crippen MR) is 89.7 cm³/mol. The standard InChI is InChI=1S/C15H21BrN2S/c1-10(11-5-3-2-4-6-11)18-12-7-8-13(15(17)19)14(16)9-12/h7-11,18H,2-6H2,1H3,(H2,17,19). The van der Waals surface area contributed by atoms with Crippen LogP contribution < -0.4 is 11.1 Å². The van der Waals surface area contributed by atoms with Crippen LogP contribution in [0.1, 0.15) is 44.6 Å². The van der Waals surface area contributed by atoms with Crippen molar-refractivity contribution in [3.05, 3.63) is 28.2 Å². The van der Waals surface area contributed by atoms with E-state index in [1.54, 1.807) is 0 Å². The Morgan fingerprint density at radius 2 is 2.05 bits per heavy atom. The largest absolute Gasteiger partial charge is 0.389 e. The van der Waals surface area contributed by atoms with Gasteiger partial charge < -0.3 is 11.1 Å². The zero-order valence-electron chi connectivity index (χ0n) is 11.3. The minimum absolute atomic E-state index is 0.429. The molecule has 1 aliphatic carbocycles. The van der Waals surface area contributed by atoms with Gasteiger partial charge in [-0.2, -0.15) is 0 Å². The lowest BCUT2D eigenvalue weighted by molar-refractivity contribution is 0.328. The lowest BCUT2D eigenvalue weighted by Gasteiger charge is -2.29. The molecule has 0 saturated heterocycles. The van der Waals surface area contributed by atoms with Gasteiger partial charge in [-0.1, -0.05) is 31.5 Å². The van der Waals surface area contributed by atoms with Gasteiger partial charge >= 0.3 is 0 Å². The Hall–Kier alpha value is -0.610. The SMILES string of the molecule is CC(Nc1ccc(C(N)=S)c(Br)c1)C1CCCCC1. The second kappa shape index (κ2) is 6.71. The summed E-state index contributed by atoms with van der Waals surface area (Å²) in [5.74, 6) is 0.794. The molecule has 1 unspecified atom stereocenters. The molecule has 19 heavy (non-hydrogen) atoms. The number of rotatable bonds is 4. The van der Waals surface area contributed by atoms with Crippen LogP contribution in [0.4, 0.5) is 5.69 Å². The van der Waals surface area contributed by atoms with Gasteiger partial charge in [0.1, 0.15) is 4.99 Å². The molecule has 4 heteroatoms. The van der Waals surface area contributed by atoms with Gasteiger partial charge in [-0.15, -0.1) is 0 Å². The molecular formula is C15H21BrN2S. The molecule has 1 aliphatic rings. The quantitative estimate of drug-likeness (QED) is 0.794. The van der Waals surface area contributed by atoms with Crippen molar-refractivity contribution >= 4 is 38.8 Å². The summed E-state index contributed by atoms with van der Waals surface area (Å²) < 4.78 is 0.959. The molecule has 1 aromatic rings. The third-order valence-corrected chi connectivity index (χ3v) is 4.86. The zero-order valence-corrected chi connectivity index (χ0v) is 13.7. The molecule has 0 bridgehead atoms. The maximum Gasteiger partial charge on any atom is 0.105 e. The molecule has 1 saturated carbocycles. The van der Waals surface area contributed by atoms with Gasteiger partial charge in [0.25, 0.3) is 0 Å². The van der Waals surface area contributed by atoms with Crippen molar-refractivity contribution in [2.75, 3.05) is 5.32 Å². The Balaban J connectivity index is 2.02. The highest BCUT2D eigenvalue weighted by Crippen LogP contribution is 2.29. The summed E-state index contributed by atoms with van der Waals surface area (Å²) >= 11 is 8.54. The zero-order chi connectivity index (χ0) is 13.8. The molecular weight excluding hydrogens is 320 g/mol. The molecule has 2 rings (SSSR count). The fourth-order valence-corrected chi connectivity index (χ4v) is 3.72. The second-order valence-electron chi connectivity index (χ2n) is 5.39. The number of nitrogens with two attached hydrogens (primary N) is 1. The van der Waals surface area contributed by atoms with Crippen molar-refractivity contribution in [1.82, 2.24) is 0 Å².